The Hall–Kier alpha value is -2.06. The Morgan fingerprint density at radius 2 is 1.67 bits per heavy atom. The summed E-state index contributed by atoms with van der Waals surface area (Å²) in [6.45, 7) is 4.30. The van der Waals surface area contributed by atoms with Crippen molar-refractivity contribution in [1.29, 1.82) is 0 Å². The fraction of sp³-hybridized carbons (Fsp3) is 0.263. The highest BCUT2D eigenvalue weighted by Gasteiger charge is 2.18. The van der Waals surface area contributed by atoms with Gasteiger partial charge in [-0.15, -0.1) is 0 Å². The molecule has 0 bridgehead atoms. The predicted octanol–water partition coefficient (Wildman–Crippen LogP) is 4.70. The third-order valence-corrected chi connectivity index (χ3v) is 4.20. The van der Waals surface area contributed by atoms with Crippen LogP contribution in [0.3, 0.4) is 0 Å². The standard InChI is InChI=1S/C19H21NO/c1-13(12-18(21)15-8-4-3-5-9-15)19-14(2)20-17-11-7-6-10-16(17)19/h3-11,13,18,20-21H,12H2,1-2H3/t13-,18+/m1/s1. The molecule has 1 heterocycles. The molecule has 0 aliphatic rings. The maximum Gasteiger partial charge on any atom is 0.0795 e. The van der Waals surface area contributed by atoms with Crippen LogP contribution in [0.15, 0.2) is 54.6 Å². The van der Waals surface area contributed by atoms with E-state index in [1.807, 2.05) is 36.4 Å². The fourth-order valence-corrected chi connectivity index (χ4v) is 3.20. The number of para-hydroxylation sites is 1. The zero-order chi connectivity index (χ0) is 14.8. The summed E-state index contributed by atoms with van der Waals surface area (Å²) in [6.07, 6.45) is 0.307. The highest BCUT2D eigenvalue weighted by molar-refractivity contribution is 5.85. The van der Waals surface area contributed by atoms with Crippen molar-refractivity contribution in [2.24, 2.45) is 0 Å². The van der Waals surface area contributed by atoms with E-state index in [2.05, 4.69) is 37.0 Å². The minimum Gasteiger partial charge on any atom is -0.388 e. The molecule has 0 spiro atoms. The number of hydrogen-bond acceptors (Lipinski definition) is 1. The minimum absolute atomic E-state index is 0.302. The predicted molar refractivity (Wildman–Crippen MR) is 87.5 cm³/mol. The smallest absolute Gasteiger partial charge is 0.0795 e. The van der Waals surface area contributed by atoms with Gasteiger partial charge in [0.05, 0.1) is 6.10 Å². The Kier molecular flexibility index (Phi) is 3.80. The van der Waals surface area contributed by atoms with Crippen molar-refractivity contribution < 1.29 is 5.11 Å². The number of aliphatic hydroxyl groups is 1. The van der Waals surface area contributed by atoms with Gasteiger partial charge in [0.2, 0.25) is 0 Å². The molecule has 0 aliphatic heterocycles. The molecule has 2 aromatic carbocycles. The van der Waals surface area contributed by atoms with Gasteiger partial charge in [-0.1, -0.05) is 55.5 Å². The van der Waals surface area contributed by atoms with Gasteiger partial charge in [0, 0.05) is 16.6 Å². The second-order valence-corrected chi connectivity index (χ2v) is 5.77. The maximum absolute atomic E-state index is 10.4. The quantitative estimate of drug-likeness (QED) is 0.713. The van der Waals surface area contributed by atoms with Crippen molar-refractivity contribution >= 4 is 10.9 Å². The molecule has 0 unspecified atom stereocenters. The lowest BCUT2D eigenvalue weighted by Gasteiger charge is -2.17. The minimum atomic E-state index is -0.422. The van der Waals surface area contributed by atoms with Crippen molar-refractivity contribution in [2.75, 3.05) is 0 Å². The van der Waals surface area contributed by atoms with Gasteiger partial charge >= 0.3 is 0 Å². The number of rotatable bonds is 4. The third kappa shape index (κ3) is 2.72. The third-order valence-electron chi connectivity index (χ3n) is 4.20. The van der Waals surface area contributed by atoms with E-state index in [0.29, 0.717) is 5.92 Å². The van der Waals surface area contributed by atoms with Crippen LogP contribution in [0.5, 0.6) is 0 Å². The number of aromatic nitrogens is 1. The maximum atomic E-state index is 10.4. The highest BCUT2D eigenvalue weighted by Crippen LogP contribution is 2.34. The van der Waals surface area contributed by atoms with Crippen molar-refractivity contribution in [3.63, 3.8) is 0 Å². The van der Waals surface area contributed by atoms with Crippen LogP contribution >= 0.6 is 0 Å². The Morgan fingerprint density at radius 1 is 1.00 bits per heavy atom. The second-order valence-electron chi connectivity index (χ2n) is 5.77. The van der Waals surface area contributed by atoms with Gasteiger partial charge in [-0.05, 0) is 36.5 Å². The molecule has 108 valence electrons. The molecule has 0 radical (unpaired) electrons. The number of fused-ring (bicyclic) bond motifs is 1. The van der Waals surface area contributed by atoms with Crippen LogP contribution in [0.25, 0.3) is 10.9 Å². The first-order valence-corrected chi connectivity index (χ1v) is 7.47. The van der Waals surface area contributed by atoms with Gasteiger partial charge in [-0.2, -0.15) is 0 Å². The van der Waals surface area contributed by atoms with Crippen LogP contribution in [0, 0.1) is 6.92 Å². The van der Waals surface area contributed by atoms with E-state index in [4.69, 9.17) is 0 Å². The molecule has 0 saturated heterocycles. The average molecular weight is 279 g/mol. The molecule has 0 fully saturated rings. The zero-order valence-corrected chi connectivity index (χ0v) is 12.5. The van der Waals surface area contributed by atoms with E-state index >= 15 is 0 Å². The molecular weight excluding hydrogens is 258 g/mol. The molecule has 0 aliphatic carbocycles. The largest absolute Gasteiger partial charge is 0.388 e. The van der Waals surface area contributed by atoms with Crippen molar-refractivity contribution in [2.45, 2.75) is 32.3 Å². The van der Waals surface area contributed by atoms with Gasteiger partial charge in [0.25, 0.3) is 0 Å². The summed E-state index contributed by atoms with van der Waals surface area (Å²) in [5.74, 6) is 0.302. The van der Waals surface area contributed by atoms with E-state index in [0.717, 1.165) is 12.0 Å². The van der Waals surface area contributed by atoms with Gasteiger partial charge < -0.3 is 10.1 Å². The van der Waals surface area contributed by atoms with Gasteiger partial charge in [-0.25, -0.2) is 0 Å². The van der Waals surface area contributed by atoms with Gasteiger partial charge in [-0.3, -0.25) is 0 Å². The van der Waals surface area contributed by atoms with Gasteiger partial charge in [0.1, 0.15) is 0 Å². The SMILES string of the molecule is Cc1[nH]c2ccccc2c1[C@H](C)C[C@H](O)c1ccccc1. The molecule has 2 nitrogen and oxygen atoms in total. The molecule has 21 heavy (non-hydrogen) atoms. The Bertz CT molecular complexity index is 730. The van der Waals surface area contributed by atoms with E-state index in [1.165, 1.54) is 22.2 Å². The highest BCUT2D eigenvalue weighted by atomic mass is 16.3. The molecule has 2 heteroatoms. The monoisotopic (exact) mass is 279 g/mol. The Balaban J connectivity index is 1.87. The first-order valence-electron chi connectivity index (χ1n) is 7.47. The molecule has 1 aromatic heterocycles. The average Bonchev–Trinajstić information content (AvgIpc) is 2.83. The van der Waals surface area contributed by atoms with Crippen LogP contribution in [0.1, 0.15) is 42.2 Å². The lowest BCUT2D eigenvalue weighted by Crippen LogP contribution is -2.04. The summed E-state index contributed by atoms with van der Waals surface area (Å²) in [5, 5.41) is 11.7. The number of aromatic amines is 1. The molecule has 2 N–H and O–H groups in total. The lowest BCUT2D eigenvalue weighted by molar-refractivity contribution is 0.159. The molecule has 0 amide bonds. The van der Waals surface area contributed by atoms with Crippen LogP contribution < -0.4 is 0 Å². The summed E-state index contributed by atoms with van der Waals surface area (Å²) in [4.78, 5) is 3.44. The number of nitrogens with one attached hydrogen (secondary N) is 1. The Labute approximate surface area is 125 Å². The normalized spacial score (nSPS) is 14.2. The van der Waals surface area contributed by atoms with Crippen molar-refractivity contribution in [3.8, 4) is 0 Å². The summed E-state index contributed by atoms with van der Waals surface area (Å²) in [5.41, 5.74) is 4.68. The fourth-order valence-electron chi connectivity index (χ4n) is 3.20. The summed E-state index contributed by atoms with van der Waals surface area (Å²) < 4.78 is 0. The number of aryl methyl sites for hydroxylation is 1. The van der Waals surface area contributed by atoms with Crippen LogP contribution in [0.4, 0.5) is 0 Å². The first-order chi connectivity index (χ1) is 10.2. The van der Waals surface area contributed by atoms with Crippen molar-refractivity contribution in [1.82, 2.24) is 4.98 Å². The van der Waals surface area contributed by atoms with Crippen molar-refractivity contribution in [3.05, 3.63) is 71.4 Å². The number of hydrogen-bond donors (Lipinski definition) is 2. The van der Waals surface area contributed by atoms with E-state index in [9.17, 15) is 5.11 Å². The molecule has 3 rings (SSSR count). The van der Waals surface area contributed by atoms with Crippen LogP contribution in [0.2, 0.25) is 0 Å². The number of H-pyrrole nitrogens is 1. The molecular formula is C19H21NO. The van der Waals surface area contributed by atoms with Gasteiger partial charge in [0.15, 0.2) is 0 Å². The molecule has 2 atom stereocenters. The number of benzene rings is 2. The molecule has 0 saturated carbocycles. The summed E-state index contributed by atoms with van der Waals surface area (Å²) >= 11 is 0. The summed E-state index contributed by atoms with van der Waals surface area (Å²) in [7, 11) is 0. The second kappa shape index (κ2) is 5.74. The topological polar surface area (TPSA) is 36.0 Å². The first kappa shape index (κ1) is 13.9. The molecule has 3 aromatic rings. The number of aliphatic hydroxyl groups excluding tert-OH is 1. The van der Waals surface area contributed by atoms with E-state index in [-0.39, 0.29) is 0 Å². The summed E-state index contributed by atoms with van der Waals surface area (Å²) in [6, 6.07) is 18.3. The zero-order valence-electron chi connectivity index (χ0n) is 12.5. The van der Waals surface area contributed by atoms with E-state index in [1.54, 1.807) is 0 Å². The van der Waals surface area contributed by atoms with Crippen LogP contribution in [-0.4, -0.2) is 10.1 Å². The lowest BCUT2D eigenvalue weighted by atomic mass is 9.90. The Morgan fingerprint density at radius 3 is 2.43 bits per heavy atom. The van der Waals surface area contributed by atoms with Crippen LogP contribution in [-0.2, 0) is 0 Å². The van der Waals surface area contributed by atoms with E-state index < -0.39 is 6.10 Å².